The molecule has 3 aromatic rings. The molecule has 19 heavy (non-hydrogen) atoms. The molecule has 1 aromatic carbocycles. The normalized spacial score (nSPS) is 12.5. The van der Waals surface area contributed by atoms with Crippen LogP contribution in [0.15, 0.2) is 55.0 Å². The number of nitrogens with one attached hydrogen (secondary N) is 1. The highest BCUT2D eigenvalue weighted by Crippen LogP contribution is 2.23. The predicted octanol–water partition coefficient (Wildman–Crippen LogP) is 2.33. The van der Waals surface area contributed by atoms with E-state index in [2.05, 4.69) is 44.8 Å². The van der Waals surface area contributed by atoms with Crippen LogP contribution in [0.1, 0.15) is 17.2 Å². The monoisotopic (exact) mass is 250 g/mol. The van der Waals surface area contributed by atoms with Crippen LogP contribution in [0.5, 0.6) is 0 Å². The third-order valence-electron chi connectivity index (χ3n) is 3.19. The molecule has 1 unspecified atom stereocenters. The summed E-state index contributed by atoms with van der Waals surface area (Å²) in [6.07, 6.45) is 5.30. The van der Waals surface area contributed by atoms with E-state index in [-0.39, 0.29) is 6.04 Å². The maximum atomic E-state index is 4.40. The lowest BCUT2D eigenvalue weighted by Gasteiger charge is -2.16. The molecule has 0 aliphatic carbocycles. The van der Waals surface area contributed by atoms with Crippen molar-refractivity contribution < 1.29 is 0 Å². The molecule has 0 radical (unpaired) electrons. The largest absolute Gasteiger partial charge is 0.309 e. The van der Waals surface area contributed by atoms with Crippen LogP contribution in [0.4, 0.5) is 0 Å². The minimum atomic E-state index is 0.0990. The highest BCUT2D eigenvalue weighted by Gasteiger charge is 2.12. The van der Waals surface area contributed by atoms with Crippen LogP contribution in [0.2, 0.25) is 0 Å². The number of aromatic nitrogens is 3. The first-order valence-electron chi connectivity index (χ1n) is 6.17. The summed E-state index contributed by atoms with van der Waals surface area (Å²) in [5.74, 6) is 0. The summed E-state index contributed by atoms with van der Waals surface area (Å²) >= 11 is 0. The number of benzene rings is 1. The fraction of sp³-hybridized carbons (Fsp3) is 0.133. The second-order valence-corrected chi connectivity index (χ2v) is 4.35. The molecule has 0 saturated heterocycles. The smallest absolute Gasteiger partial charge is 0.0705 e. The molecule has 0 spiro atoms. The van der Waals surface area contributed by atoms with Crippen LogP contribution in [-0.4, -0.2) is 22.2 Å². The second-order valence-electron chi connectivity index (χ2n) is 4.35. The molecule has 1 N–H and O–H groups in total. The first-order valence-corrected chi connectivity index (χ1v) is 6.17. The van der Waals surface area contributed by atoms with Crippen LogP contribution < -0.4 is 5.32 Å². The van der Waals surface area contributed by atoms with Gasteiger partial charge in [-0.1, -0.05) is 18.2 Å². The first-order chi connectivity index (χ1) is 9.38. The number of hydrogen-bond acceptors (Lipinski definition) is 4. The van der Waals surface area contributed by atoms with Crippen molar-refractivity contribution >= 4 is 10.9 Å². The Morgan fingerprint density at radius 1 is 1.00 bits per heavy atom. The molecule has 0 bridgehead atoms. The molecule has 0 aliphatic rings. The highest BCUT2D eigenvalue weighted by molar-refractivity contribution is 5.79. The van der Waals surface area contributed by atoms with Crippen molar-refractivity contribution in [2.75, 3.05) is 7.05 Å². The van der Waals surface area contributed by atoms with Crippen LogP contribution in [0.25, 0.3) is 10.9 Å². The van der Waals surface area contributed by atoms with E-state index in [1.807, 2.05) is 25.4 Å². The van der Waals surface area contributed by atoms with E-state index in [1.54, 1.807) is 12.4 Å². The van der Waals surface area contributed by atoms with Gasteiger partial charge in [-0.3, -0.25) is 4.98 Å². The molecule has 0 aliphatic heterocycles. The van der Waals surface area contributed by atoms with Gasteiger partial charge in [0.15, 0.2) is 0 Å². The molecule has 0 amide bonds. The van der Waals surface area contributed by atoms with Crippen molar-refractivity contribution in [3.05, 3.63) is 66.1 Å². The van der Waals surface area contributed by atoms with Gasteiger partial charge in [0, 0.05) is 17.8 Å². The molecule has 0 saturated carbocycles. The van der Waals surface area contributed by atoms with Crippen molar-refractivity contribution in [1.82, 2.24) is 20.5 Å². The van der Waals surface area contributed by atoms with Crippen molar-refractivity contribution in [1.29, 1.82) is 0 Å². The van der Waals surface area contributed by atoms with E-state index in [0.717, 1.165) is 16.5 Å². The molecule has 2 aromatic heterocycles. The van der Waals surface area contributed by atoms with Crippen LogP contribution in [0.3, 0.4) is 0 Å². The van der Waals surface area contributed by atoms with Gasteiger partial charge in [0.1, 0.15) is 0 Å². The van der Waals surface area contributed by atoms with Gasteiger partial charge in [-0.2, -0.15) is 10.2 Å². The Hall–Kier alpha value is -2.33. The molecule has 4 nitrogen and oxygen atoms in total. The third-order valence-corrected chi connectivity index (χ3v) is 3.19. The van der Waals surface area contributed by atoms with E-state index in [1.165, 1.54) is 5.56 Å². The number of fused-ring (bicyclic) bond motifs is 1. The average molecular weight is 250 g/mol. The molecule has 0 fully saturated rings. The van der Waals surface area contributed by atoms with Gasteiger partial charge in [-0.05, 0) is 36.4 Å². The van der Waals surface area contributed by atoms with Crippen LogP contribution in [-0.2, 0) is 0 Å². The fourth-order valence-electron chi connectivity index (χ4n) is 2.26. The van der Waals surface area contributed by atoms with Crippen molar-refractivity contribution in [3.63, 3.8) is 0 Å². The minimum absolute atomic E-state index is 0.0990. The van der Waals surface area contributed by atoms with E-state index >= 15 is 0 Å². The van der Waals surface area contributed by atoms with E-state index in [9.17, 15) is 0 Å². The Balaban J connectivity index is 2.06. The molecular weight excluding hydrogens is 236 g/mol. The van der Waals surface area contributed by atoms with Crippen molar-refractivity contribution in [2.45, 2.75) is 6.04 Å². The molecule has 94 valence electrons. The maximum absolute atomic E-state index is 4.40. The summed E-state index contributed by atoms with van der Waals surface area (Å²) < 4.78 is 0. The standard InChI is InChI=1S/C15H14N4/c1-16-15(13-6-8-18-19-10-13)12-5-4-11-3-2-7-17-14(11)9-12/h2-10,15-16H,1H3. The summed E-state index contributed by atoms with van der Waals surface area (Å²) in [7, 11) is 1.94. The zero-order chi connectivity index (χ0) is 13.1. The van der Waals surface area contributed by atoms with E-state index in [4.69, 9.17) is 0 Å². The Bertz CT molecular complexity index is 682. The SMILES string of the molecule is CNC(c1ccnnc1)c1ccc2cccnc2c1. The van der Waals surface area contributed by atoms with Gasteiger partial charge >= 0.3 is 0 Å². The summed E-state index contributed by atoms with van der Waals surface area (Å²) in [6, 6.07) is 12.4. The molecule has 1 atom stereocenters. The second kappa shape index (κ2) is 5.12. The average Bonchev–Trinajstić information content (AvgIpc) is 2.49. The zero-order valence-electron chi connectivity index (χ0n) is 10.6. The number of rotatable bonds is 3. The topological polar surface area (TPSA) is 50.7 Å². The van der Waals surface area contributed by atoms with Gasteiger partial charge in [-0.25, -0.2) is 0 Å². The zero-order valence-corrected chi connectivity index (χ0v) is 10.6. The molecular formula is C15H14N4. The molecule has 3 rings (SSSR count). The number of pyridine rings is 1. The Morgan fingerprint density at radius 2 is 1.95 bits per heavy atom. The lowest BCUT2D eigenvalue weighted by atomic mass is 9.99. The quantitative estimate of drug-likeness (QED) is 0.775. The molecule has 4 heteroatoms. The van der Waals surface area contributed by atoms with E-state index < -0.39 is 0 Å². The van der Waals surface area contributed by atoms with Crippen LogP contribution >= 0.6 is 0 Å². The number of hydrogen-bond donors (Lipinski definition) is 1. The third kappa shape index (κ3) is 2.30. The van der Waals surface area contributed by atoms with E-state index in [0.29, 0.717) is 0 Å². The van der Waals surface area contributed by atoms with Gasteiger partial charge in [0.25, 0.3) is 0 Å². The minimum Gasteiger partial charge on any atom is -0.309 e. The fourth-order valence-corrected chi connectivity index (χ4v) is 2.26. The first kappa shape index (κ1) is 11.7. The summed E-state index contributed by atoms with van der Waals surface area (Å²) in [5, 5.41) is 12.2. The Labute approximate surface area is 111 Å². The van der Waals surface area contributed by atoms with Crippen molar-refractivity contribution in [3.8, 4) is 0 Å². The summed E-state index contributed by atoms with van der Waals surface area (Å²) in [4.78, 5) is 4.40. The predicted molar refractivity (Wildman–Crippen MR) is 74.7 cm³/mol. The summed E-state index contributed by atoms with van der Waals surface area (Å²) in [6.45, 7) is 0. The number of nitrogens with zero attached hydrogens (tertiary/aromatic N) is 3. The van der Waals surface area contributed by atoms with Crippen LogP contribution in [0, 0.1) is 0 Å². The summed E-state index contributed by atoms with van der Waals surface area (Å²) in [5.41, 5.74) is 3.26. The van der Waals surface area contributed by atoms with Gasteiger partial charge < -0.3 is 5.32 Å². The Kier molecular flexibility index (Phi) is 3.16. The lowest BCUT2D eigenvalue weighted by Crippen LogP contribution is -2.17. The molecule has 2 heterocycles. The Morgan fingerprint density at radius 3 is 2.74 bits per heavy atom. The van der Waals surface area contributed by atoms with Gasteiger partial charge in [0.05, 0.1) is 17.8 Å². The van der Waals surface area contributed by atoms with Gasteiger partial charge in [0.2, 0.25) is 0 Å². The highest BCUT2D eigenvalue weighted by atomic mass is 15.1. The lowest BCUT2D eigenvalue weighted by molar-refractivity contribution is 0.685. The van der Waals surface area contributed by atoms with Gasteiger partial charge in [-0.15, -0.1) is 0 Å². The maximum Gasteiger partial charge on any atom is 0.0705 e. The van der Waals surface area contributed by atoms with Crippen molar-refractivity contribution in [2.24, 2.45) is 0 Å².